The van der Waals surface area contributed by atoms with Crippen LogP contribution in [-0.2, 0) is 0 Å². The molecule has 7 aromatic carbocycles. The van der Waals surface area contributed by atoms with Crippen LogP contribution in [0.5, 0.6) is 0 Å². The van der Waals surface area contributed by atoms with Crippen LogP contribution >= 0.6 is 0 Å². The quantitative estimate of drug-likeness (QED) is 0.178. The average Bonchev–Trinajstić information content (AvgIpc) is 3.78. The number of pyridine rings is 2. The van der Waals surface area contributed by atoms with Crippen LogP contribution in [0, 0.1) is 0 Å². The number of benzene rings is 7. The summed E-state index contributed by atoms with van der Waals surface area (Å²) in [6.45, 7) is 0. The third kappa shape index (κ3) is 5.17. The Morgan fingerprint density at radius 2 is 0.984 bits per heavy atom. The van der Waals surface area contributed by atoms with Crippen molar-refractivity contribution in [2.75, 3.05) is 9.80 Å². The second-order valence-corrected chi connectivity index (χ2v) is 15.8. The van der Waals surface area contributed by atoms with E-state index in [0.29, 0.717) is 0 Å². The number of fused-ring (bicyclic) bond motifs is 12. The summed E-state index contributed by atoms with van der Waals surface area (Å²) < 4.78 is 8.72. The molecule has 0 unspecified atom stereocenters. The molecule has 0 saturated carbocycles. The molecule has 6 nitrogen and oxygen atoms in total. The van der Waals surface area contributed by atoms with Crippen LogP contribution in [0.3, 0.4) is 0 Å². The molecule has 0 saturated heterocycles. The number of furan rings is 1. The lowest BCUT2D eigenvalue weighted by Crippen LogP contribution is -2.12. The van der Waals surface area contributed by atoms with Crippen LogP contribution in [0.4, 0.5) is 34.1 Å². The molecule has 0 radical (unpaired) electrons. The van der Waals surface area contributed by atoms with Crippen LogP contribution in [0.25, 0.3) is 84.5 Å². The van der Waals surface area contributed by atoms with Crippen molar-refractivity contribution >= 4 is 79.1 Å². The average molecular weight is 794 g/mol. The summed E-state index contributed by atoms with van der Waals surface area (Å²) >= 11 is 0. The lowest BCUT2D eigenvalue weighted by molar-refractivity contribution is 0.669. The van der Waals surface area contributed by atoms with Gasteiger partial charge in [-0.15, -0.1) is 0 Å². The summed E-state index contributed by atoms with van der Waals surface area (Å²) in [6.07, 6.45) is 8.29. The fourth-order valence-corrected chi connectivity index (χ4v) is 9.63. The van der Waals surface area contributed by atoms with Gasteiger partial charge in [-0.05, 0) is 84.4 Å². The van der Waals surface area contributed by atoms with E-state index < -0.39 is 0 Å². The third-order valence-electron chi connectivity index (χ3n) is 12.4. The molecule has 62 heavy (non-hydrogen) atoms. The van der Waals surface area contributed by atoms with Gasteiger partial charge in [-0.25, -0.2) is 0 Å². The van der Waals surface area contributed by atoms with Crippen molar-refractivity contribution in [1.82, 2.24) is 14.5 Å². The molecule has 6 heterocycles. The van der Waals surface area contributed by atoms with E-state index >= 15 is 0 Å². The van der Waals surface area contributed by atoms with Gasteiger partial charge >= 0.3 is 0 Å². The van der Waals surface area contributed by atoms with Gasteiger partial charge < -0.3 is 18.8 Å². The highest BCUT2D eigenvalue weighted by Crippen LogP contribution is 2.54. The summed E-state index contributed by atoms with van der Waals surface area (Å²) in [5.74, 6) is 0. The first-order valence-electron chi connectivity index (χ1n) is 20.9. The molecule has 0 amide bonds. The third-order valence-corrected chi connectivity index (χ3v) is 12.4. The molecular weight excluding hydrogens is 759 g/mol. The predicted molar refractivity (Wildman–Crippen MR) is 254 cm³/mol. The van der Waals surface area contributed by atoms with E-state index in [4.69, 9.17) is 14.4 Å². The maximum Gasteiger partial charge on any atom is 0.136 e. The number of rotatable bonds is 4. The number of anilines is 6. The van der Waals surface area contributed by atoms with Gasteiger partial charge in [0.15, 0.2) is 0 Å². The Labute approximate surface area is 357 Å². The number of aromatic nitrogens is 3. The summed E-state index contributed by atoms with van der Waals surface area (Å²) in [5.41, 5.74) is 18.8. The number of hydrogen-bond acceptors (Lipinski definition) is 5. The summed E-state index contributed by atoms with van der Waals surface area (Å²) in [4.78, 5) is 14.8. The largest absolute Gasteiger partial charge is 0.456 e. The van der Waals surface area contributed by atoms with Crippen LogP contribution in [0.1, 0.15) is 11.1 Å². The maximum atomic E-state index is 6.30. The van der Waals surface area contributed by atoms with E-state index in [1.54, 1.807) is 0 Å². The Morgan fingerprint density at radius 1 is 0.387 bits per heavy atom. The molecular formula is C56H35N5O. The molecule has 11 aromatic rings. The minimum Gasteiger partial charge on any atom is -0.456 e. The first-order valence-corrected chi connectivity index (χ1v) is 20.9. The second kappa shape index (κ2) is 13.5. The van der Waals surface area contributed by atoms with Gasteiger partial charge in [-0.2, -0.15) is 0 Å². The number of para-hydroxylation sites is 6. The minimum atomic E-state index is 0.797. The SMILES string of the molecule is C1=Cc2cc3oc4ccccc4c3cc2N(c2ccc(-c3ccc(N4c5ccccc5-c5c(n(-c6ccccc6)c6ccccc56)-c5ccccc54)cn3)nc2)c2ccccc21. The zero-order chi connectivity index (χ0) is 40.7. The van der Waals surface area contributed by atoms with Crippen molar-refractivity contribution in [2.24, 2.45) is 0 Å². The van der Waals surface area contributed by atoms with Crippen LogP contribution < -0.4 is 9.80 Å². The molecule has 0 aliphatic carbocycles. The zero-order valence-corrected chi connectivity index (χ0v) is 33.4. The first kappa shape index (κ1) is 34.4. The van der Waals surface area contributed by atoms with Crippen molar-refractivity contribution in [1.29, 1.82) is 0 Å². The Balaban J connectivity index is 0.908. The summed E-state index contributed by atoms with van der Waals surface area (Å²) in [6, 6.07) is 66.5. The van der Waals surface area contributed by atoms with Crippen LogP contribution in [-0.4, -0.2) is 14.5 Å². The molecule has 0 atom stereocenters. The molecule has 0 spiro atoms. The second-order valence-electron chi connectivity index (χ2n) is 15.8. The standard InChI is InChI=1S/C56H35N5O/c1-2-15-38(16-3-1)61-50-23-11-6-19-43(50)55-42-18-5-10-22-49(42)60(51-24-12-7-20-44(51)56(55)61)40-29-31-47(58-35-40)46-30-28-39(34-57-46)59-48-21-9-4-14-36(48)26-27-37-32-54-45(33-52(37)59)41-17-8-13-25-53(41)62-54/h1-35H. The van der Waals surface area contributed by atoms with Crippen molar-refractivity contribution in [3.8, 4) is 39.5 Å². The Morgan fingerprint density at radius 3 is 1.74 bits per heavy atom. The topological polar surface area (TPSA) is 50.3 Å². The van der Waals surface area contributed by atoms with Crippen molar-refractivity contribution < 1.29 is 4.42 Å². The lowest BCUT2D eigenvalue weighted by atomic mass is 9.98. The van der Waals surface area contributed by atoms with Gasteiger partial charge in [0.1, 0.15) is 11.2 Å². The van der Waals surface area contributed by atoms with Gasteiger partial charge in [0, 0.05) is 44.1 Å². The Hall–Kier alpha value is -8.48. The first-order chi connectivity index (χ1) is 30.8. The Bertz CT molecular complexity index is 3580. The molecule has 0 bridgehead atoms. The Kier molecular flexibility index (Phi) is 7.50. The highest BCUT2D eigenvalue weighted by atomic mass is 16.3. The van der Waals surface area contributed by atoms with E-state index in [1.165, 1.54) is 27.7 Å². The van der Waals surface area contributed by atoms with E-state index in [0.717, 1.165) is 89.8 Å². The lowest BCUT2D eigenvalue weighted by Gasteiger charge is -2.27. The van der Waals surface area contributed by atoms with Crippen LogP contribution in [0.15, 0.2) is 205 Å². The molecule has 13 rings (SSSR count). The summed E-state index contributed by atoms with van der Waals surface area (Å²) in [7, 11) is 0. The fraction of sp³-hybridized carbons (Fsp3) is 0. The normalized spacial score (nSPS) is 12.7. The van der Waals surface area contributed by atoms with E-state index in [-0.39, 0.29) is 0 Å². The van der Waals surface area contributed by atoms with Gasteiger partial charge in [0.25, 0.3) is 0 Å². The van der Waals surface area contributed by atoms with Gasteiger partial charge in [0.2, 0.25) is 0 Å². The highest BCUT2D eigenvalue weighted by molar-refractivity contribution is 6.13. The van der Waals surface area contributed by atoms with Gasteiger partial charge in [-0.1, -0.05) is 121 Å². The van der Waals surface area contributed by atoms with Crippen molar-refractivity contribution in [2.45, 2.75) is 0 Å². The molecule has 4 aromatic heterocycles. The molecule has 0 fully saturated rings. The maximum absolute atomic E-state index is 6.30. The smallest absolute Gasteiger partial charge is 0.136 e. The van der Waals surface area contributed by atoms with Crippen molar-refractivity contribution in [3.05, 3.63) is 212 Å². The fourth-order valence-electron chi connectivity index (χ4n) is 9.63. The number of nitrogens with zero attached hydrogens (tertiary/aromatic N) is 5. The molecule has 6 heteroatoms. The minimum absolute atomic E-state index is 0.797. The van der Waals surface area contributed by atoms with Crippen molar-refractivity contribution in [3.63, 3.8) is 0 Å². The highest BCUT2D eigenvalue weighted by Gasteiger charge is 2.31. The van der Waals surface area contributed by atoms with Gasteiger partial charge in [-0.3, -0.25) is 9.97 Å². The van der Waals surface area contributed by atoms with Crippen LogP contribution in [0.2, 0.25) is 0 Å². The zero-order valence-electron chi connectivity index (χ0n) is 33.4. The van der Waals surface area contributed by atoms with E-state index in [9.17, 15) is 0 Å². The molecule has 2 aliphatic heterocycles. The predicted octanol–water partition coefficient (Wildman–Crippen LogP) is 15.1. The van der Waals surface area contributed by atoms with Gasteiger partial charge in [0.05, 0.1) is 69.1 Å². The molecule has 290 valence electrons. The van der Waals surface area contributed by atoms with E-state index in [2.05, 4.69) is 202 Å². The molecule has 0 N–H and O–H groups in total. The number of hydrogen-bond donors (Lipinski definition) is 0. The summed E-state index contributed by atoms with van der Waals surface area (Å²) in [5, 5.41) is 3.39. The van der Waals surface area contributed by atoms with E-state index in [1.807, 2.05) is 24.5 Å². The molecule has 2 aliphatic rings. The monoisotopic (exact) mass is 793 g/mol.